The molecule has 2 aliphatic heterocycles. The van der Waals surface area contributed by atoms with Gasteiger partial charge in [-0.2, -0.15) is 9.57 Å². The van der Waals surface area contributed by atoms with E-state index in [-0.39, 0.29) is 10.3 Å². The van der Waals surface area contributed by atoms with Crippen molar-refractivity contribution in [3.8, 4) is 6.07 Å². The van der Waals surface area contributed by atoms with E-state index in [0.717, 1.165) is 32.4 Å². The lowest BCUT2D eigenvalue weighted by atomic mass is 9.78. The number of rotatable bonds is 2. The summed E-state index contributed by atoms with van der Waals surface area (Å²) in [6.45, 7) is 3.18. The predicted octanol–water partition coefficient (Wildman–Crippen LogP) is 1.32. The van der Waals surface area contributed by atoms with Gasteiger partial charge in [0.15, 0.2) is 0 Å². The van der Waals surface area contributed by atoms with E-state index in [9.17, 15) is 8.42 Å². The monoisotopic (exact) mass is 305 g/mol. The molecule has 0 radical (unpaired) electrons. The van der Waals surface area contributed by atoms with Crippen LogP contribution in [-0.4, -0.2) is 38.9 Å². The highest BCUT2D eigenvalue weighted by Gasteiger charge is 2.43. The van der Waals surface area contributed by atoms with Gasteiger partial charge < -0.3 is 5.32 Å². The van der Waals surface area contributed by atoms with Crippen LogP contribution in [0, 0.1) is 16.7 Å². The van der Waals surface area contributed by atoms with Crippen LogP contribution in [0.15, 0.2) is 29.2 Å². The van der Waals surface area contributed by atoms with Gasteiger partial charge in [-0.05, 0) is 62.0 Å². The highest BCUT2D eigenvalue weighted by molar-refractivity contribution is 7.89. The Morgan fingerprint density at radius 2 is 1.81 bits per heavy atom. The van der Waals surface area contributed by atoms with Gasteiger partial charge >= 0.3 is 0 Å². The molecule has 0 aliphatic carbocycles. The molecule has 0 bridgehead atoms. The van der Waals surface area contributed by atoms with Crippen molar-refractivity contribution in [3.63, 3.8) is 0 Å². The van der Waals surface area contributed by atoms with Crippen LogP contribution in [0.1, 0.15) is 24.8 Å². The average Bonchev–Trinajstić information content (AvgIpc) is 2.92. The minimum atomic E-state index is -3.44. The summed E-state index contributed by atoms with van der Waals surface area (Å²) in [4.78, 5) is 0.285. The molecule has 0 amide bonds. The second-order valence-corrected chi connectivity index (χ2v) is 7.91. The van der Waals surface area contributed by atoms with Crippen molar-refractivity contribution >= 4 is 10.0 Å². The molecule has 1 aromatic rings. The molecular formula is C15H19N3O2S. The second kappa shape index (κ2) is 5.41. The quantitative estimate of drug-likeness (QED) is 0.894. The molecule has 3 rings (SSSR count). The molecule has 0 unspecified atom stereocenters. The van der Waals surface area contributed by atoms with Crippen LogP contribution >= 0.6 is 0 Å². The van der Waals surface area contributed by atoms with Crippen LogP contribution < -0.4 is 5.32 Å². The topological polar surface area (TPSA) is 73.2 Å². The molecule has 21 heavy (non-hydrogen) atoms. The summed E-state index contributed by atoms with van der Waals surface area (Å²) in [6.07, 6.45) is 3.04. The van der Waals surface area contributed by atoms with E-state index in [1.54, 1.807) is 16.4 Å². The Balaban J connectivity index is 1.81. The summed E-state index contributed by atoms with van der Waals surface area (Å²) in [5, 5.41) is 12.1. The highest BCUT2D eigenvalue weighted by atomic mass is 32.2. The SMILES string of the molecule is N#Cc1ccc(S(=O)(=O)N2CCC3(CCNCC3)C2)cc1. The van der Waals surface area contributed by atoms with Crippen molar-refractivity contribution in [1.29, 1.82) is 5.26 Å². The molecule has 1 spiro atoms. The maximum atomic E-state index is 12.7. The Bertz CT molecular complexity index is 655. The maximum Gasteiger partial charge on any atom is 0.243 e. The third-order valence-electron chi connectivity index (χ3n) is 4.69. The smallest absolute Gasteiger partial charge is 0.243 e. The minimum absolute atomic E-state index is 0.158. The molecule has 2 saturated heterocycles. The Morgan fingerprint density at radius 1 is 1.14 bits per heavy atom. The molecule has 0 atom stereocenters. The van der Waals surface area contributed by atoms with Gasteiger partial charge in [0.2, 0.25) is 10.0 Å². The number of nitriles is 1. The summed E-state index contributed by atoms with van der Waals surface area (Å²) in [7, 11) is -3.44. The zero-order chi connectivity index (χ0) is 14.9. The van der Waals surface area contributed by atoms with E-state index >= 15 is 0 Å². The largest absolute Gasteiger partial charge is 0.317 e. The van der Waals surface area contributed by atoms with Crippen molar-refractivity contribution in [2.75, 3.05) is 26.2 Å². The molecule has 1 aromatic carbocycles. The van der Waals surface area contributed by atoms with Crippen molar-refractivity contribution in [2.24, 2.45) is 5.41 Å². The lowest BCUT2D eigenvalue weighted by Crippen LogP contribution is -2.39. The minimum Gasteiger partial charge on any atom is -0.317 e. The lowest BCUT2D eigenvalue weighted by Gasteiger charge is -2.33. The molecule has 0 saturated carbocycles. The highest BCUT2D eigenvalue weighted by Crippen LogP contribution is 2.40. The Morgan fingerprint density at radius 3 is 2.43 bits per heavy atom. The van der Waals surface area contributed by atoms with Gasteiger partial charge in [-0.15, -0.1) is 0 Å². The molecule has 2 fully saturated rings. The first kappa shape index (κ1) is 14.5. The van der Waals surface area contributed by atoms with Gasteiger partial charge in [-0.25, -0.2) is 8.42 Å². The van der Waals surface area contributed by atoms with Crippen LogP contribution in [0.3, 0.4) is 0 Å². The molecular weight excluding hydrogens is 286 g/mol. The average molecular weight is 305 g/mol. The fourth-order valence-electron chi connectivity index (χ4n) is 3.31. The molecule has 2 aliphatic rings. The molecule has 112 valence electrons. The van der Waals surface area contributed by atoms with E-state index in [1.807, 2.05) is 6.07 Å². The van der Waals surface area contributed by atoms with E-state index < -0.39 is 10.0 Å². The Hall–Kier alpha value is -1.42. The van der Waals surface area contributed by atoms with Crippen LogP contribution in [0.2, 0.25) is 0 Å². The second-order valence-electron chi connectivity index (χ2n) is 5.97. The predicted molar refractivity (Wildman–Crippen MR) is 79.1 cm³/mol. The Labute approximate surface area is 125 Å². The number of sulfonamides is 1. The fourth-order valence-corrected chi connectivity index (χ4v) is 4.87. The van der Waals surface area contributed by atoms with Crippen LogP contribution in [0.25, 0.3) is 0 Å². The number of nitrogens with one attached hydrogen (secondary N) is 1. The number of hydrogen-bond donors (Lipinski definition) is 1. The summed E-state index contributed by atoms with van der Waals surface area (Å²) in [5.41, 5.74) is 0.635. The van der Waals surface area contributed by atoms with Crippen LogP contribution in [-0.2, 0) is 10.0 Å². The molecule has 1 N–H and O–H groups in total. The van der Waals surface area contributed by atoms with Crippen molar-refractivity contribution in [1.82, 2.24) is 9.62 Å². The summed E-state index contributed by atoms with van der Waals surface area (Å²) >= 11 is 0. The molecule has 5 nitrogen and oxygen atoms in total. The van der Waals surface area contributed by atoms with Crippen molar-refractivity contribution < 1.29 is 8.42 Å². The third-order valence-corrected chi connectivity index (χ3v) is 6.55. The standard InChI is InChI=1S/C15H19N3O2S/c16-11-13-1-3-14(4-2-13)21(19,20)18-10-7-15(12-18)5-8-17-9-6-15/h1-4,17H,5-10,12H2. The first-order chi connectivity index (χ1) is 10.1. The zero-order valence-corrected chi connectivity index (χ0v) is 12.7. The van der Waals surface area contributed by atoms with Gasteiger partial charge in [0.05, 0.1) is 16.5 Å². The van der Waals surface area contributed by atoms with E-state index in [4.69, 9.17) is 5.26 Å². The number of nitrogens with zero attached hydrogens (tertiary/aromatic N) is 2. The van der Waals surface area contributed by atoms with Crippen molar-refractivity contribution in [3.05, 3.63) is 29.8 Å². The lowest BCUT2D eigenvalue weighted by molar-refractivity contribution is 0.218. The summed E-state index contributed by atoms with van der Waals surface area (Å²) in [6, 6.07) is 8.18. The van der Waals surface area contributed by atoms with Crippen LogP contribution in [0.4, 0.5) is 0 Å². The third kappa shape index (κ3) is 2.69. The molecule has 0 aromatic heterocycles. The normalized spacial score (nSPS) is 22.2. The van der Waals surface area contributed by atoms with E-state index in [2.05, 4.69) is 5.32 Å². The molecule has 2 heterocycles. The summed E-state index contributed by atoms with van der Waals surface area (Å²) < 4.78 is 27.0. The maximum absolute atomic E-state index is 12.7. The zero-order valence-electron chi connectivity index (χ0n) is 11.9. The molecule has 6 heteroatoms. The van der Waals surface area contributed by atoms with E-state index in [1.165, 1.54) is 12.1 Å². The number of piperidine rings is 1. The summed E-state index contributed by atoms with van der Waals surface area (Å²) in [5.74, 6) is 0. The number of hydrogen-bond acceptors (Lipinski definition) is 4. The fraction of sp³-hybridized carbons (Fsp3) is 0.533. The van der Waals surface area contributed by atoms with Gasteiger partial charge in [0.25, 0.3) is 0 Å². The van der Waals surface area contributed by atoms with Gasteiger partial charge in [0.1, 0.15) is 0 Å². The van der Waals surface area contributed by atoms with Gasteiger partial charge in [-0.1, -0.05) is 0 Å². The van der Waals surface area contributed by atoms with Gasteiger partial charge in [0, 0.05) is 13.1 Å². The van der Waals surface area contributed by atoms with Crippen molar-refractivity contribution in [2.45, 2.75) is 24.2 Å². The van der Waals surface area contributed by atoms with E-state index in [0.29, 0.717) is 18.7 Å². The Kier molecular flexibility index (Phi) is 3.74. The van der Waals surface area contributed by atoms with Gasteiger partial charge in [-0.3, -0.25) is 0 Å². The first-order valence-electron chi connectivity index (χ1n) is 7.27. The number of benzene rings is 1. The first-order valence-corrected chi connectivity index (χ1v) is 8.71. The van der Waals surface area contributed by atoms with Crippen LogP contribution in [0.5, 0.6) is 0 Å².